The molecule has 1 atom stereocenters. The maximum atomic E-state index is 6.38. The van der Waals surface area contributed by atoms with Gasteiger partial charge in [-0.3, -0.25) is 0 Å². The number of hydrogen-bond acceptors (Lipinski definition) is 3. The van der Waals surface area contributed by atoms with Gasteiger partial charge < -0.3 is 18.9 Å². The van der Waals surface area contributed by atoms with Gasteiger partial charge >= 0.3 is 0 Å². The molecule has 0 aliphatic carbocycles. The molecule has 182 valence electrons. The highest BCUT2D eigenvalue weighted by Crippen LogP contribution is 2.56. The van der Waals surface area contributed by atoms with Crippen molar-refractivity contribution in [3.63, 3.8) is 0 Å². The number of hydrogen-bond donors (Lipinski definition) is 0. The molecule has 5 aromatic carbocycles. The Bertz CT molecular complexity index is 1860. The summed E-state index contributed by atoms with van der Waals surface area (Å²) in [5.74, 6) is 2.40. The number of anilines is 2. The molecule has 0 fully saturated rings. The van der Waals surface area contributed by atoms with Crippen molar-refractivity contribution in [2.75, 3.05) is 4.90 Å². The minimum atomic E-state index is -0.144. The summed E-state index contributed by atoms with van der Waals surface area (Å²) in [7, 11) is 0. The summed E-state index contributed by atoms with van der Waals surface area (Å²) in [6.45, 7) is 6.36. The van der Waals surface area contributed by atoms with Gasteiger partial charge in [0.15, 0.2) is 11.5 Å². The van der Waals surface area contributed by atoms with Gasteiger partial charge in [0.1, 0.15) is 17.5 Å². The summed E-state index contributed by atoms with van der Waals surface area (Å²) in [5.41, 5.74) is 8.49. The summed E-state index contributed by atoms with van der Waals surface area (Å²) < 4.78 is 15.0. The van der Waals surface area contributed by atoms with Crippen LogP contribution in [0.4, 0.5) is 11.4 Å². The molecule has 0 saturated heterocycles. The van der Waals surface area contributed by atoms with Gasteiger partial charge in [-0.05, 0) is 66.6 Å². The predicted molar refractivity (Wildman–Crippen MR) is 154 cm³/mol. The Morgan fingerprint density at radius 2 is 1.29 bits per heavy atom. The van der Waals surface area contributed by atoms with Crippen molar-refractivity contribution in [3.8, 4) is 34.1 Å². The standard InChI is InChI=1S/C34H24N2O2/c1-21-22(2)37-32-19-24(20-33-34(32)35(21)30-13-7-8-14-31(30)38-33)23-15-17-25(18-16-23)36-28-11-5-3-9-26(28)27-10-4-6-12-29(27)36/h3-20,22H,1H2,2H3. The molecule has 0 radical (unpaired) electrons. The fourth-order valence-electron chi connectivity index (χ4n) is 5.85. The van der Waals surface area contributed by atoms with Crippen LogP contribution in [0.1, 0.15) is 6.92 Å². The topological polar surface area (TPSA) is 26.6 Å². The summed E-state index contributed by atoms with van der Waals surface area (Å²) >= 11 is 0. The number of nitrogens with zero attached hydrogens (tertiary/aromatic N) is 2. The van der Waals surface area contributed by atoms with Crippen molar-refractivity contribution in [1.82, 2.24) is 4.57 Å². The van der Waals surface area contributed by atoms with Crippen LogP contribution < -0.4 is 14.4 Å². The SMILES string of the molecule is C=C1C(C)Oc2cc(-c3ccc(-n4c5ccccc5c5ccccc54)cc3)cc3c2N1c1ccccc1O3. The van der Waals surface area contributed by atoms with Gasteiger partial charge in [0.25, 0.3) is 0 Å². The molecular formula is C34H24N2O2. The van der Waals surface area contributed by atoms with Gasteiger partial charge in [-0.1, -0.05) is 67.2 Å². The molecule has 1 unspecified atom stereocenters. The van der Waals surface area contributed by atoms with E-state index in [1.807, 2.05) is 25.1 Å². The quantitative estimate of drug-likeness (QED) is 0.241. The fourth-order valence-corrected chi connectivity index (χ4v) is 5.85. The largest absolute Gasteiger partial charge is 0.482 e. The van der Waals surface area contributed by atoms with Gasteiger partial charge in [0, 0.05) is 16.5 Å². The molecule has 4 nitrogen and oxygen atoms in total. The van der Waals surface area contributed by atoms with Crippen LogP contribution in [-0.4, -0.2) is 10.7 Å². The van der Waals surface area contributed by atoms with E-state index >= 15 is 0 Å². The van der Waals surface area contributed by atoms with Crippen LogP contribution in [0.5, 0.6) is 17.2 Å². The molecule has 8 rings (SSSR count). The van der Waals surface area contributed by atoms with Gasteiger partial charge in [-0.25, -0.2) is 0 Å². The van der Waals surface area contributed by atoms with Crippen molar-refractivity contribution in [1.29, 1.82) is 0 Å². The van der Waals surface area contributed by atoms with Gasteiger partial charge in [0.05, 0.1) is 22.4 Å². The smallest absolute Gasteiger partial charge is 0.156 e. The van der Waals surface area contributed by atoms with E-state index < -0.39 is 0 Å². The molecule has 38 heavy (non-hydrogen) atoms. The van der Waals surface area contributed by atoms with Crippen molar-refractivity contribution in [2.45, 2.75) is 13.0 Å². The first-order valence-electron chi connectivity index (χ1n) is 12.9. The molecule has 6 aromatic rings. The molecule has 4 heteroatoms. The monoisotopic (exact) mass is 492 g/mol. The molecule has 0 amide bonds. The van der Waals surface area contributed by atoms with Crippen molar-refractivity contribution >= 4 is 33.2 Å². The third-order valence-corrected chi connectivity index (χ3v) is 7.69. The molecule has 2 aliphatic heterocycles. The van der Waals surface area contributed by atoms with E-state index in [2.05, 4.69) is 107 Å². The molecule has 0 saturated carbocycles. The number of ether oxygens (including phenoxy) is 2. The average molecular weight is 493 g/mol. The van der Waals surface area contributed by atoms with E-state index in [-0.39, 0.29) is 6.10 Å². The third kappa shape index (κ3) is 2.91. The zero-order valence-corrected chi connectivity index (χ0v) is 20.9. The second kappa shape index (κ2) is 7.77. The lowest BCUT2D eigenvalue weighted by atomic mass is 10.00. The summed E-state index contributed by atoms with van der Waals surface area (Å²) in [6.07, 6.45) is -0.144. The Hall–Kier alpha value is -4.96. The number of benzene rings is 5. The van der Waals surface area contributed by atoms with Crippen LogP contribution in [0.3, 0.4) is 0 Å². The van der Waals surface area contributed by atoms with Gasteiger partial charge in [-0.2, -0.15) is 0 Å². The summed E-state index contributed by atoms with van der Waals surface area (Å²) in [4.78, 5) is 2.17. The molecule has 0 spiro atoms. The van der Waals surface area contributed by atoms with E-state index in [1.54, 1.807) is 0 Å². The fraction of sp³-hybridized carbons (Fsp3) is 0.0588. The van der Waals surface area contributed by atoms with E-state index in [0.717, 1.165) is 51.1 Å². The maximum Gasteiger partial charge on any atom is 0.156 e. The Morgan fingerprint density at radius 1 is 0.658 bits per heavy atom. The lowest BCUT2D eigenvalue weighted by molar-refractivity contribution is 0.244. The summed E-state index contributed by atoms with van der Waals surface area (Å²) in [5, 5.41) is 2.52. The Morgan fingerprint density at radius 3 is 2.03 bits per heavy atom. The van der Waals surface area contributed by atoms with Crippen LogP contribution in [0.2, 0.25) is 0 Å². The number of rotatable bonds is 2. The molecule has 1 aromatic heterocycles. The third-order valence-electron chi connectivity index (χ3n) is 7.69. The van der Waals surface area contributed by atoms with E-state index in [1.165, 1.54) is 21.8 Å². The van der Waals surface area contributed by atoms with Gasteiger partial charge in [0.2, 0.25) is 0 Å². The lowest BCUT2D eigenvalue weighted by Crippen LogP contribution is -2.34. The second-order valence-electron chi connectivity index (χ2n) is 9.89. The predicted octanol–water partition coefficient (Wildman–Crippen LogP) is 8.99. The zero-order valence-electron chi connectivity index (χ0n) is 20.9. The highest BCUT2D eigenvalue weighted by atomic mass is 16.5. The molecular weight excluding hydrogens is 468 g/mol. The number of fused-ring (bicyclic) bond motifs is 5. The Kier molecular flexibility index (Phi) is 4.32. The van der Waals surface area contributed by atoms with Gasteiger partial charge in [-0.15, -0.1) is 0 Å². The van der Waals surface area contributed by atoms with Crippen LogP contribution in [-0.2, 0) is 0 Å². The van der Waals surface area contributed by atoms with Crippen LogP contribution in [0.25, 0.3) is 38.6 Å². The molecule has 0 bridgehead atoms. The molecule has 0 N–H and O–H groups in total. The van der Waals surface area contributed by atoms with Crippen molar-refractivity contribution in [2.24, 2.45) is 0 Å². The first-order valence-corrected chi connectivity index (χ1v) is 12.9. The summed E-state index contributed by atoms with van der Waals surface area (Å²) in [6, 6.07) is 38.2. The van der Waals surface area contributed by atoms with Crippen LogP contribution in [0, 0.1) is 0 Å². The van der Waals surface area contributed by atoms with Crippen molar-refractivity contribution in [3.05, 3.63) is 121 Å². The molecule has 3 heterocycles. The lowest BCUT2D eigenvalue weighted by Gasteiger charge is -2.41. The zero-order chi connectivity index (χ0) is 25.4. The van der Waals surface area contributed by atoms with E-state index in [0.29, 0.717) is 0 Å². The normalized spacial score (nSPS) is 15.7. The molecule has 2 aliphatic rings. The van der Waals surface area contributed by atoms with Crippen molar-refractivity contribution < 1.29 is 9.47 Å². The van der Waals surface area contributed by atoms with Crippen LogP contribution in [0.15, 0.2) is 121 Å². The highest BCUT2D eigenvalue weighted by molar-refractivity contribution is 6.09. The minimum absolute atomic E-state index is 0.144. The Labute approximate surface area is 220 Å². The first-order chi connectivity index (χ1) is 18.7. The van der Waals surface area contributed by atoms with E-state index in [4.69, 9.17) is 9.47 Å². The highest BCUT2D eigenvalue weighted by Gasteiger charge is 2.36. The Balaban J connectivity index is 1.25. The number of para-hydroxylation sites is 4. The first kappa shape index (κ1) is 21.2. The minimum Gasteiger partial charge on any atom is -0.482 e. The second-order valence-corrected chi connectivity index (χ2v) is 9.89. The van der Waals surface area contributed by atoms with E-state index in [9.17, 15) is 0 Å². The van der Waals surface area contributed by atoms with Crippen LogP contribution >= 0.6 is 0 Å². The average Bonchev–Trinajstić information content (AvgIpc) is 3.29. The number of aromatic nitrogens is 1. The maximum absolute atomic E-state index is 6.38.